The zero-order chi connectivity index (χ0) is 8.97. The predicted octanol–water partition coefficient (Wildman–Crippen LogP) is 1.55. The van der Waals surface area contributed by atoms with Crippen LogP contribution in [0.15, 0.2) is 12.8 Å². The molecule has 1 aromatic heterocycles. The first kappa shape index (κ1) is 8.59. The van der Waals surface area contributed by atoms with Gasteiger partial charge in [0.2, 0.25) is 0 Å². The number of nitrogens with one attached hydrogen (secondary N) is 2. The smallest absolute Gasteiger partial charge is 0.0918 e. The second-order valence-electron chi connectivity index (χ2n) is 2.47. The van der Waals surface area contributed by atoms with Gasteiger partial charge in [0.1, 0.15) is 0 Å². The molecule has 3 heteroatoms. The lowest BCUT2D eigenvalue weighted by Crippen LogP contribution is -1.91. The minimum atomic E-state index is 0.888. The van der Waals surface area contributed by atoms with E-state index >= 15 is 0 Å². The fourth-order valence-corrected chi connectivity index (χ4v) is 0.989. The van der Waals surface area contributed by atoms with E-state index in [0.29, 0.717) is 0 Å². The van der Waals surface area contributed by atoms with Crippen LogP contribution in [0, 0.1) is 6.92 Å². The average molecular weight is 163 g/mol. The van der Waals surface area contributed by atoms with E-state index in [1.165, 1.54) is 0 Å². The Labute approximate surface area is 72.2 Å². The van der Waals surface area contributed by atoms with Gasteiger partial charge in [-0.15, -0.1) is 0 Å². The lowest BCUT2D eigenvalue weighted by molar-refractivity contribution is 1.04. The number of nitrogens with zero attached hydrogens (tertiary/aromatic N) is 1. The second kappa shape index (κ2) is 3.76. The maximum Gasteiger partial charge on any atom is 0.0918 e. The average Bonchev–Trinajstić information content (AvgIpc) is 2.43. The van der Waals surface area contributed by atoms with Crippen molar-refractivity contribution in [3.05, 3.63) is 29.7 Å². The van der Waals surface area contributed by atoms with Crippen LogP contribution in [-0.4, -0.2) is 17.2 Å². The summed E-state index contributed by atoms with van der Waals surface area (Å²) in [6.07, 6.45) is 5.57. The molecule has 1 rings (SSSR count). The van der Waals surface area contributed by atoms with Gasteiger partial charge in [-0.05, 0) is 25.3 Å². The van der Waals surface area contributed by atoms with E-state index in [0.717, 1.165) is 17.0 Å². The van der Waals surface area contributed by atoms with E-state index in [4.69, 9.17) is 0 Å². The minimum absolute atomic E-state index is 0.888. The molecule has 0 atom stereocenters. The van der Waals surface area contributed by atoms with Crippen LogP contribution in [0.4, 0.5) is 0 Å². The molecule has 0 aliphatic carbocycles. The molecule has 0 aromatic carbocycles. The van der Waals surface area contributed by atoms with Gasteiger partial charge in [0.25, 0.3) is 0 Å². The summed E-state index contributed by atoms with van der Waals surface area (Å²) in [7, 11) is 1.86. The molecule has 1 heterocycles. The molecule has 0 amide bonds. The van der Waals surface area contributed by atoms with Crippen LogP contribution in [-0.2, 0) is 0 Å². The van der Waals surface area contributed by atoms with Gasteiger partial charge < -0.3 is 5.32 Å². The van der Waals surface area contributed by atoms with Gasteiger partial charge in [-0.1, -0.05) is 6.58 Å². The van der Waals surface area contributed by atoms with Crippen molar-refractivity contribution < 1.29 is 0 Å². The normalized spacial score (nSPS) is 10.5. The highest BCUT2D eigenvalue weighted by molar-refractivity contribution is 5.63. The summed E-state index contributed by atoms with van der Waals surface area (Å²) in [5, 5.41) is 9.89. The van der Waals surface area contributed by atoms with Gasteiger partial charge in [-0.2, -0.15) is 5.10 Å². The van der Waals surface area contributed by atoms with E-state index < -0.39 is 0 Å². The largest absolute Gasteiger partial charge is 0.394 e. The van der Waals surface area contributed by atoms with Gasteiger partial charge >= 0.3 is 0 Å². The number of rotatable bonds is 3. The molecule has 0 saturated heterocycles. The number of hydrogen-bond acceptors (Lipinski definition) is 2. The Morgan fingerprint density at radius 3 is 2.92 bits per heavy atom. The highest BCUT2D eigenvalue weighted by Crippen LogP contribution is 2.12. The van der Waals surface area contributed by atoms with Crippen molar-refractivity contribution in [2.75, 3.05) is 7.05 Å². The summed E-state index contributed by atoms with van der Waals surface area (Å²) in [5.41, 5.74) is 3.02. The summed E-state index contributed by atoms with van der Waals surface area (Å²) in [6, 6.07) is 0. The number of aryl methyl sites for hydroxylation is 1. The van der Waals surface area contributed by atoms with Gasteiger partial charge in [0.05, 0.1) is 5.69 Å². The molecule has 0 aliphatic rings. The quantitative estimate of drug-likeness (QED) is 0.709. The maximum absolute atomic E-state index is 4.07. The Bertz CT molecular complexity index is 297. The standard InChI is InChI=1S/C9H13N3/c1-4-9-8(5-6-10-3)7(2)11-12-9/h4-6,10H,1H2,2-3H3,(H,11,12)/b6-5-. The lowest BCUT2D eigenvalue weighted by atomic mass is 10.2. The lowest BCUT2D eigenvalue weighted by Gasteiger charge is -1.91. The molecule has 3 nitrogen and oxygen atoms in total. The third-order valence-electron chi connectivity index (χ3n) is 1.63. The SMILES string of the molecule is C=Cc1n[nH]c(C)c1/C=C\NC. The van der Waals surface area contributed by atoms with Crippen LogP contribution >= 0.6 is 0 Å². The van der Waals surface area contributed by atoms with Crippen LogP contribution in [0.1, 0.15) is 17.0 Å². The second-order valence-corrected chi connectivity index (χ2v) is 2.47. The number of hydrogen-bond donors (Lipinski definition) is 2. The molecule has 2 N–H and O–H groups in total. The van der Waals surface area contributed by atoms with Crippen molar-refractivity contribution in [2.24, 2.45) is 0 Å². The molecular weight excluding hydrogens is 150 g/mol. The van der Waals surface area contributed by atoms with Gasteiger partial charge in [-0.25, -0.2) is 0 Å². The molecule has 0 bridgehead atoms. The first-order valence-electron chi connectivity index (χ1n) is 3.80. The zero-order valence-corrected chi connectivity index (χ0v) is 7.39. The maximum atomic E-state index is 4.07. The van der Waals surface area contributed by atoms with Crippen LogP contribution < -0.4 is 5.32 Å². The molecule has 0 aliphatic heterocycles. The highest BCUT2D eigenvalue weighted by atomic mass is 15.1. The first-order chi connectivity index (χ1) is 5.79. The fraction of sp³-hybridized carbons (Fsp3) is 0.222. The Morgan fingerprint density at radius 1 is 1.58 bits per heavy atom. The van der Waals surface area contributed by atoms with Crippen LogP contribution in [0.3, 0.4) is 0 Å². The van der Waals surface area contributed by atoms with Crippen molar-refractivity contribution >= 4 is 12.2 Å². The zero-order valence-electron chi connectivity index (χ0n) is 7.39. The van der Waals surface area contributed by atoms with Crippen LogP contribution in [0.5, 0.6) is 0 Å². The van der Waals surface area contributed by atoms with Crippen molar-refractivity contribution in [1.82, 2.24) is 15.5 Å². The predicted molar refractivity (Wildman–Crippen MR) is 51.5 cm³/mol. The van der Waals surface area contributed by atoms with E-state index in [1.807, 2.05) is 26.2 Å². The Morgan fingerprint density at radius 2 is 2.33 bits per heavy atom. The third-order valence-corrected chi connectivity index (χ3v) is 1.63. The molecule has 1 aromatic rings. The molecule has 0 saturated carbocycles. The molecule has 0 fully saturated rings. The number of aromatic nitrogens is 2. The van der Waals surface area contributed by atoms with Crippen molar-refractivity contribution in [3.8, 4) is 0 Å². The van der Waals surface area contributed by atoms with E-state index in [9.17, 15) is 0 Å². The fourth-order valence-electron chi connectivity index (χ4n) is 0.989. The molecule has 0 spiro atoms. The summed E-state index contributed by atoms with van der Waals surface area (Å²) >= 11 is 0. The highest BCUT2D eigenvalue weighted by Gasteiger charge is 2.02. The van der Waals surface area contributed by atoms with Crippen LogP contribution in [0.2, 0.25) is 0 Å². The van der Waals surface area contributed by atoms with E-state index in [2.05, 4.69) is 22.1 Å². The van der Waals surface area contributed by atoms with E-state index in [-0.39, 0.29) is 0 Å². The third kappa shape index (κ3) is 1.56. The van der Waals surface area contributed by atoms with Crippen molar-refractivity contribution in [2.45, 2.75) is 6.92 Å². The summed E-state index contributed by atoms with van der Waals surface area (Å²) in [5.74, 6) is 0. The first-order valence-corrected chi connectivity index (χ1v) is 3.80. The van der Waals surface area contributed by atoms with Crippen molar-refractivity contribution in [1.29, 1.82) is 0 Å². The number of aromatic amines is 1. The molecular formula is C9H13N3. The Balaban J connectivity index is 3.01. The monoisotopic (exact) mass is 163 g/mol. The molecule has 0 unspecified atom stereocenters. The topological polar surface area (TPSA) is 40.7 Å². The minimum Gasteiger partial charge on any atom is -0.394 e. The van der Waals surface area contributed by atoms with Gasteiger partial charge in [0.15, 0.2) is 0 Å². The van der Waals surface area contributed by atoms with Gasteiger partial charge in [-0.3, -0.25) is 5.10 Å². The molecule has 64 valence electrons. The Hall–Kier alpha value is -1.51. The number of H-pyrrole nitrogens is 1. The molecule has 12 heavy (non-hydrogen) atoms. The summed E-state index contributed by atoms with van der Waals surface area (Å²) in [6.45, 7) is 5.66. The van der Waals surface area contributed by atoms with Crippen molar-refractivity contribution in [3.63, 3.8) is 0 Å². The van der Waals surface area contributed by atoms with Gasteiger partial charge in [0, 0.05) is 18.3 Å². The molecule has 0 radical (unpaired) electrons. The Kier molecular flexibility index (Phi) is 2.69. The summed E-state index contributed by atoms with van der Waals surface area (Å²) in [4.78, 5) is 0. The van der Waals surface area contributed by atoms with Crippen LogP contribution in [0.25, 0.3) is 12.2 Å². The summed E-state index contributed by atoms with van der Waals surface area (Å²) < 4.78 is 0. The van der Waals surface area contributed by atoms with E-state index in [1.54, 1.807) is 6.08 Å².